The van der Waals surface area contributed by atoms with Crippen LogP contribution in [-0.4, -0.2) is 13.9 Å². The van der Waals surface area contributed by atoms with Crippen LogP contribution in [0.4, 0.5) is 0 Å². The highest BCUT2D eigenvalue weighted by Gasteiger charge is 2.19. The second-order valence-electron chi connectivity index (χ2n) is 3.74. The molecule has 0 bridgehead atoms. The van der Waals surface area contributed by atoms with Crippen molar-refractivity contribution in [1.82, 2.24) is 0 Å². The van der Waals surface area contributed by atoms with Gasteiger partial charge in [0.1, 0.15) is 17.2 Å². The van der Waals surface area contributed by atoms with Gasteiger partial charge in [0.2, 0.25) is 6.79 Å². The first-order valence-electron chi connectivity index (χ1n) is 5.42. The normalized spacial score (nSPS) is 12.5. The molecule has 0 fully saturated rings. The van der Waals surface area contributed by atoms with Crippen LogP contribution in [-0.2, 0) is 0 Å². The van der Waals surface area contributed by atoms with Gasteiger partial charge in [-0.2, -0.15) is 0 Å². The first-order valence-corrected chi connectivity index (χ1v) is 5.42. The summed E-state index contributed by atoms with van der Waals surface area (Å²) in [6.07, 6.45) is 0. The van der Waals surface area contributed by atoms with Crippen molar-refractivity contribution in [2.24, 2.45) is 0 Å². The fourth-order valence-corrected chi connectivity index (χ4v) is 2.02. The number of fused-ring (bicyclic) bond motifs is 3. The van der Waals surface area contributed by atoms with Crippen LogP contribution < -0.4 is 14.2 Å². The molecule has 86 valence electrons. The van der Waals surface area contributed by atoms with Gasteiger partial charge in [-0.1, -0.05) is 24.3 Å². The molecule has 0 saturated heterocycles. The molecule has 0 saturated carbocycles. The van der Waals surface area contributed by atoms with Crippen molar-refractivity contribution in [3.8, 4) is 28.4 Å². The van der Waals surface area contributed by atoms with Crippen LogP contribution in [0.2, 0.25) is 0 Å². The zero-order valence-electron chi connectivity index (χ0n) is 9.47. The third-order valence-corrected chi connectivity index (χ3v) is 2.79. The molecule has 0 aliphatic carbocycles. The number of para-hydroxylation sites is 1. The Kier molecular flexibility index (Phi) is 2.37. The molecule has 3 rings (SSSR count). The summed E-state index contributed by atoms with van der Waals surface area (Å²) in [6.45, 7) is 0.219. The molecule has 1 aliphatic rings. The molecule has 0 aromatic heterocycles. The molecule has 0 atom stereocenters. The molecular weight excluding hydrogens is 216 g/mol. The molecule has 3 heteroatoms. The Hall–Kier alpha value is -2.16. The maximum absolute atomic E-state index is 5.57. The molecule has 0 amide bonds. The number of ether oxygens (including phenoxy) is 3. The number of hydrogen-bond acceptors (Lipinski definition) is 3. The monoisotopic (exact) mass is 228 g/mol. The third-order valence-electron chi connectivity index (χ3n) is 2.79. The molecule has 1 heterocycles. The molecule has 2 aromatic rings. The first-order chi connectivity index (χ1) is 8.40. The van der Waals surface area contributed by atoms with Crippen molar-refractivity contribution in [3.05, 3.63) is 42.5 Å². The van der Waals surface area contributed by atoms with Crippen LogP contribution in [0.3, 0.4) is 0 Å². The zero-order chi connectivity index (χ0) is 11.7. The van der Waals surface area contributed by atoms with Crippen LogP contribution in [0, 0.1) is 0 Å². The minimum atomic E-state index is 0.219. The number of benzene rings is 2. The summed E-state index contributed by atoms with van der Waals surface area (Å²) in [5.74, 6) is 2.39. The lowest BCUT2D eigenvalue weighted by atomic mass is 10.0. The van der Waals surface area contributed by atoms with E-state index < -0.39 is 0 Å². The molecule has 0 unspecified atom stereocenters. The average molecular weight is 228 g/mol. The Balaban J connectivity index is 2.30. The van der Waals surface area contributed by atoms with E-state index in [4.69, 9.17) is 14.2 Å². The van der Waals surface area contributed by atoms with E-state index >= 15 is 0 Å². The SMILES string of the molecule is COc1cccc2c1-c1ccccc1OCO2. The minimum absolute atomic E-state index is 0.219. The summed E-state index contributed by atoms with van der Waals surface area (Å²) in [6, 6.07) is 13.6. The van der Waals surface area contributed by atoms with Crippen LogP contribution in [0.5, 0.6) is 17.2 Å². The van der Waals surface area contributed by atoms with Crippen molar-refractivity contribution in [3.63, 3.8) is 0 Å². The topological polar surface area (TPSA) is 27.7 Å². The fraction of sp³-hybridized carbons (Fsp3) is 0.143. The average Bonchev–Trinajstić information content (AvgIpc) is 2.57. The molecule has 0 radical (unpaired) electrons. The van der Waals surface area contributed by atoms with Crippen LogP contribution in [0.1, 0.15) is 0 Å². The summed E-state index contributed by atoms with van der Waals surface area (Å²) in [7, 11) is 1.66. The van der Waals surface area contributed by atoms with Crippen molar-refractivity contribution in [1.29, 1.82) is 0 Å². The van der Waals surface area contributed by atoms with E-state index in [-0.39, 0.29) is 6.79 Å². The Morgan fingerprint density at radius 2 is 1.71 bits per heavy atom. The number of hydrogen-bond donors (Lipinski definition) is 0. The maximum atomic E-state index is 5.57. The van der Waals surface area contributed by atoms with Crippen LogP contribution in [0.15, 0.2) is 42.5 Å². The van der Waals surface area contributed by atoms with Crippen molar-refractivity contribution in [2.75, 3.05) is 13.9 Å². The molecule has 3 nitrogen and oxygen atoms in total. The van der Waals surface area contributed by atoms with E-state index in [2.05, 4.69) is 0 Å². The first kappa shape index (κ1) is 10.0. The van der Waals surface area contributed by atoms with Crippen LogP contribution in [0.25, 0.3) is 11.1 Å². The summed E-state index contributed by atoms with van der Waals surface area (Å²) >= 11 is 0. The van der Waals surface area contributed by atoms with Crippen molar-refractivity contribution >= 4 is 0 Å². The van der Waals surface area contributed by atoms with Gasteiger partial charge in [0, 0.05) is 5.56 Å². The Labute approximate surface area is 99.6 Å². The van der Waals surface area contributed by atoms with E-state index in [9.17, 15) is 0 Å². The fourth-order valence-electron chi connectivity index (χ4n) is 2.02. The summed E-state index contributed by atoms with van der Waals surface area (Å²) in [5.41, 5.74) is 1.94. The lowest BCUT2D eigenvalue weighted by molar-refractivity contribution is 0.124. The Morgan fingerprint density at radius 1 is 0.941 bits per heavy atom. The van der Waals surface area contributed by atoms with E-state index in [1.807, 2.05) is 42.5 Å². The Morgan fingerprint density at radius 3 is 2.59 bits per heavy atom. The van der Waals surface area contributed by atoms with Gasteiger partial charge in [0.15, 0.2) is 0 Å². The largest absolute Gasteiger partial charge is 0.496 e. The summed E-state index contributed by atoms with van der Waals surface area (Å²) < 4.78 is 16.5. The third kappa shape index (κ3) is 1.60. The molecule has 2 aromatic carbocycles. The number of methoxy groups -OCH3 is 1. The van der Waals surface area contributed by atoms with Gasteiger partial charge in [-0.15, -0.1) is 0 Å². The van der Waals surface area contributed by atoms with E-state index in [1.165, 1.54) is 0 Å². The molecular formula is C14H12O3. The van der Waals surface area contributed by atoms with Gasteiger partial charge >= 0.3 is 0 Å². The Bertz CT molecular complexity index is 549. The molecule has 1 aliphatic heterocycles. The molecule has 0 N–H and O–H groups in total. The van der Waals surface area contributed by atoms with Crippen molar-refractivity contribution < 1.29 is 14.2 Å². The second-order valence-corrected chi connectivity index (χ2v) is 3.74. The molecule has 17 heavy (non-hydrogen) atoms. The lowest BCUT2D eigenvalue weighted by Crippen LogP contribution is -2.03. The van der Waals surface area contributed by atoms with Gasteiger partial charge in [0.25, 0.3) is 0 Å². The lowest BCUT2D eigenvalue weighted by Gasteiger charge is -2.11. The predicted molar refractivity (Wildman–Crippen MR) is 64.6 cm³/mol. The van der Waals surface area contributed by atoms with E-state index in [1.54, 1.807) is 7.11 Å². The zero-order valence-corrected chi connectivity index (χ0v) is 9.47. The smallest absolute Gasteiger partial charge is 0.230 e. The van der Waals surface area contributed by atoms with Gasteiger partial charge in [0.05, 0.1) is 12.7 Å². The van der Waals surface area contributed by atoms with Gasteiger partial charge in [-0.05, 0) is 18.2 Å². The van der Waals surface area contributed by atoms with Gasteiger partial charge in [-0.25, -0.2) is 0 Å². The highest BCUT2D eigenvalue weighted by Crippen LogP contribution is 2.44. The predicted octanol–water partition coefficient (Wildman–Crippen LogP) is 3.09. The van der Waals surface area contributed by atoms with E-state index in [0.29, 0.717) is 0 Å². The van der Waals surface area contributed by atoms with Crippen molar-refractivity contribution in [2.45, 2.75) is 0 Å². The van der Waals surface area contributed by atoms with Gasteiger partial charge < -0.3 is 14.2 Å². The standard InChI is InChI=1S/C14H12O3/c1-15-12-7-4-8-13-14(12)10-5-2-3-6-11(10)16-9-17-13/h2-8H,9H2,1H3. The quantitative estimate of drug-likeness (QED) is 0.750. The second kappa shape index (κ2) is 4.01. The van der Waals surface area contributed by atoms with Gasteiger partial charge in [-0.3, -0.25) is 0 Å². The molecule has 0 spiro atoms. The highest BCUT2D eigenvalue weighted by molar-refractivity contribution is 5.81. The minimum Gasteiger partial charge on any atom is -0.496 e. The highest BCUT2D eigenvalue weighted by atomic mass is 16.7. The summed E-state index contributed by atoms with van der Waals surface area (Å²) in [5, 5.41) is 0. The van der Waals surface area contributed by atoms with Crippen LogP contribution >= 0.6 is 0 Å². The maximum Gasteiger partial charge on any atom is 0.230 e. The summed E-state index contributed by atoms with van der Waals surface area (Å²) in [4.78, 5) is 0. The number of rotatable bonds is 1. The van der Waals surface area contributed by atoms with E-state index in [0.717, 1.165) is 28.4 Å².